The molecule has 0 aromatic heterocycles. The quantitative estimate of drug-likeness (QED) is 0.820. The van der Waals surface area contributed by atoms with E-state index < -0.39 is 11.6 Å². The topological polar surface area (TPSA) is 29.1 Å². The maximum atomic E-state index is 13.0. The summed E-state index contributed by atoms with van der Waals surface area (Å²) in [5.74, 6) is -1.63. The summed E-state index contributed by atoms with van der Waals surface area (Å²) >= 11 is 10.1. The van der Waals surface area contributed by atoms with Gasteiger partial charge in [0.2, 0.25) is 0 Å². The molecule has 2 aromatic carbocycles. The molecule has 0 saturated carbocycles. The van der Waals surface area contributed by atoms with E-state index in [9.17, 15) is 13.6 Å². The van der Waals surface area contributed by atoms with E-state index in [1.807, 2.05) is 0 Å². The fraction of sp³-hybridized carbons (Fsp3) is 0.133. The van der Waals surface area contributed by atoms with Gasteiger partial charge in [0.25, 0.3) is 5.91 Å². The maximum absolute atomic E-state index is 13.0. The van der Waals surface area contributed by atoms with Gasteiger partial charge in [0.15, 0.2) is 0 Å². The van der Waals surface area contributed by atoms with Crippen molar-refractivity contribution in [3.63, 3.8) is 0 Å². The zero-order chi connectivity index (χ0) is 15.4. The molecule has 0 atom stereocenters. The second-order valence-electron chi connectivity index (χ2n) is 4.45. The van der Waals surface area contributed by atoms with Gasteiger partial charge in [-0.15, -0.1) is 12.6 Å². The molecule has 0 bridgehead atoms. The van der Waals surface area contributed by atoms with Crippen molar-refractivity contribution >= 4 is 30.1 Å². The summed E-state index contributed by atoms with van der Waals surface area (Å²) < 4.78 is 26.0. The van der Waals surface area contributed by atoms with Crippen LogP contribution in [-0.4, -0.2) is 12.5 Å². The number of carbonyl (C=O) groups excluding carboxylic acids is 1. The number of thiol groups is 1. The summed E-state index contributed by atoms with van der Waals surface area (Å²) in [6.45, 7) is 0.245. The first-order valence-corrected chi connectivity index (χ1v) is 7.00. The second-order valence-corrected chi connectivity index (χ2v) is 5.37. The standard InChI is InChI=1S/C15H12ClF2NOS/c16-14-2-1-12(21)8-13(14)15(20)19-4-3-9-5-10(17)7-11(18)6-9/h1-2,5-8,21H,3-4H2,(H,19,20). The summed E-state index contributed by atoms with van der Waals surface area (Å²) in [4.78, 5) is 12.6. The number of carbonyl (C=O) groups is 1. The minimum atomic E-state index is -0.637. The molecule has 1 N–H and O–H groups in total. The number of halogens is 3. The van der Waals surface area contributed by atoms with Gasteiger partial charge in [-0.05, 0) is 42.3 Å². The predicted octanol–water partition coefficient (Wildman–Crippen LogP) is 3.88. The van der Waals surface area contributed by atoms with E-state index in [1.54, 1.807) is 18.2 Å². The molecule has 110 valence electrons. The van der Waals surface area contributed by atoms with Crippen molar-refractivity contribution in [2.24, 2.45) is 0 Å². The van der Waals surface area contributed by atoms with Gasteiger partial charge < -0.3 is 5.32 Å². The Morgan fingerprint density at radius 1 is 1.14 bits per heavy atom. The minimum Gasteiger partial charge on any atom is -0.352 e. The monoisotopic (exact) mass is 327 g/mol. The lowest BCUT2D eigenvalue weighted by molar-refractivity contribution is 0.0954. The molecule has 0 aliphatic rings. The van der Waals surface area contributed by atoms with Crippen LogP contribution < -0.4 is 5.32 Å². The van der Waals surface area contributed by atoms with Gasteiger partial charge in [-0.3, -0.25) is 4.79 Å². The first-order valence-electron chi connectivity index (χ1n) is 6.17. The van der Waals surface area contributed by atoms with Gasteiger partial charge in [-0.1, -0.05) is 11.6 Å². The van der Waals surface area contributed by atoms with Crippen molar-refractivity contribution in [2.45, 2.75) is 11.3 Å². The third kappa shape index (κ3) is 4.44. The average molecular weight is 328 g/mol. The first kappa shape index (κ1) is 15.8. The molecule has 0 aliphatic heterocycles. The van der Waals surface area contributed by atoms with Gasteiger partial charge in [0, 0.05) is 17.5 Å². The van der Waals surface area contributed by atoms with E-state index >= 15 is 0 Å². The lowest BCUT2D eigenvalue weighted by atomic mass is 10.1. The molecule has 0 unspecified atom stereocenters. The molecule has 0 fully saturated rings. The lowest BCUT2D eigenvalue weighted by Crippen LogP contribution is -2.26. The van der Waals surface area contributed by atoms with Crippen molar-refractivity contribution < 1.29 is 13.6 Å². The number of amides is 1. The number of nitrogens with one attached hydrogen (secondary N) is 1. The lowest BCUT2D eigenvalue weighted by Gasteiger charge is -2.08. The number of hydrogen-bond acceptors (Lipinski definition) is 2. The highest BCUT2D eigenvalue weighted by atomic mass is 35.5. The largest absolute Gasteiger partial charge is 0.352 e. The van der Waals surface area contributed by atoms with Crippen LogP contribution in [0, 0.1) is 11.6 Å². The molecular formula is C15H12ClF2NOS. The van der Waals surface area contributed by atoms with Crippen LogP contribution in [0.3, 0.4) is 0 Å². The fourth-order valence-corrected chi connectivity index (χ4v) is 2.27. The summed E-state index contributed by atoms with van der Waals surface area (Å²) in [6.07, 6.45) is 0.318. The van der Waals surface area contributed by atoms with Gasteiger partial charge in [-0.2, -0.15) is 0 Å². The van der Waals surface area contributed by atoms with Crippen LogP contribution in [0.2, 0.25) is 5.02 Å². The summed E-state index contributed by atoms with van der Waals surface area (Å²) in [7, 11) is 0. The molecule has 6 heteroatoms. The molecule has 2 nitrogen and oxygen atoms in total. The van der Waals surface area contributed by atoms with Gasteiger partial charge in [0.1, 0.15) is 11.6 Å². The van der Waals surface area contributed by atoms with E-state index in [1.165, 1.54) is 12.1 Å². The van der Waals surface area contributed by atoms with E-state index in [2.05, 4.69) is 17.9 Å². The third-order valence-electron chi connectivity index (χ3n) is 2.82. The molecule has 2 aromatic rings. The van der Waals surface area contributed by atoms with Crippen LogP contribution in [0.25, 0.3) is 0 Å². The Morgan fingerprint density at radius 3 is 2.48 bits per heavy atom. The predicted molar refractivity (Wildman–Crippen MR) is 81.1 cm³/mol. The Labute approximate surface area is 131 Å². The van der Waals surface area contributed by atoms with Crippen molar-refractivity contribution in [3.05, 3.63) is 64.2 Å². The van der Waals surface area contributed by atoms with Crippen molar-refractivity contribution in [1.29, 1.82) is 0 Å². The fourth-order valence-electron chi connectivity index (χ4n) is 1.86. The normalized spacial score (nSPS) is 10.5. The van der Waals surface area contributed by atoms with Crippen LogP contribution in [0.4, 0.5) is 8.78 Å². The number of hydrogen-bond donors (Lipinski definition) is 2. The summed E-state index contributed by atoms with van der Waals surface area (Å²) in [5, 5.41) is 2.97. The number of rotatable bonds is 4. The molecule has 1 amide bonds. The number of benzene rings is 2. The Kier molecular flexibility index (Phi) is 5.20. The molecule has 2 rings (SSSR count). The highest BCUT2D eigenvalue weighted by molar-refractivity contribution is 7.80. The van der Waals surface area contributed by atoms with Gasteiger partial charge >= 0.3 is 0 Å². The van der Waals surface area contributed by atoms with E-state index in [0.717, 1.165) is 6.07 Å². The Balaban J connectivity index is 1.96. The highest BCUT2D eigenvalue weighted by Gasteiger charge is 2.10. The van der Waals surface area contributed by atoms with Crippen LogP contribution in [-0.2, 0) is 6.42 Å². The third-order valence-corrected chi connectivity index (χ3v) is 3.42. The average Bonchev–Trinajstić information content (AvgIpc) is 2.40. The smallest absolute Gasteiger partial charge is 0.252 e. The van der Waals surface area contributed by atoms with Crippen LogP contribution in [0.1, 0.15) is 15.9 Å². The Hall–Kier alpha value is -1.59. The summed E-state index contributed by atoms with van der Waals surface area (Å²) in [6, 6.07) is 8.09. The van der Waals surface area contributed by atoms with Crippen LogP contribution in [0.5, 0.6) is 0 Å². The van der Waals surface area contributed by atoms with Gasteiger partial charge in [0.05, 0.1) is 10.6 Å². The van der Waals surface area contributed by atoms with Crippen molar-refractivity contribution in [2.75, 3.05) is 6.54 Å². The van der Waals surface area contributed by atoms with Crippen LogP contribution in [0.15, 0.2) is 41.3 Å². The second kappa shape index (κ2) is 6.91. The molecule has 0 radical (unpaired) electrons. The first-order chi connectivity index (χ1) is 9.95. The molecular weight excluding hydrogens is 316 g/mol. The zero-order valence-electron chi connectivity index (χ0n) is 10.9. The SMILES string of the molecule is O=C(NCCc1cc(F)cc(F)c1)c1cc(S)ccc1Cl. The van der Waals surface area contributed by atoms with Crippen molar-refractivity contribution in [3.8, 4) is 0 Å². The molecule has 0 aliphatic carbocycles. The summed E-state index contributed by atoms with van der Waals surface area (Å²) in [5.41, 5.74) is 0.788. The minimum absolute atomic E-state index is 0.245. The van der Waals surface area contributed by atoms with E-state index in [-0.39, 0.29) is 12.5 Å². The Morgan fingerprint density at radius 2 is 1.81 bits per heavy atom. The molecule has 21 heavy (non-hydrogen) atoms. The molecule has 0 saturated heterocycles. The van der Waals surface area contributed by atoms with E-state index in [4.69, 9.17) is 11.6 Å². The highest BCUT2D eigenvalue weighted by Crippen LogP contribution is 2.19. The Bertz CT molecular complexity index is 658. The van der Waals surface area contributed by atoms with Crippen molar-refractivity contribution in [1.82, 2.24) is 5.32 Å². The maximum Gasteiger partial charge on any atom is 0.252 e. The molecule has 0 spiro atoms. The zero-order valence-corrected chi connectivity index (χ0v) is 12.5. The van der Waals surface area contributed by atoms with Crippen LogP contribution >= 0.6 is 24.2 Å². The van der Waals surface area contributed by atoms with Gasteiger partial charge in [-0.25, -0.2) is 8.78 Å². The molecule has 0 heterocycles. The van der Waals surface area contributed by atoms with E-state index in [0.29, 0.717) is 27.5 Å².